The number of carbonyl (C=O) groups is 1. The third-order valence-electron chi connectivity index (χ3n) is 3.16. The standard InChI is InChI=1S/C14H18BrNO/c1-2-4-12(15)10-7-8-13-11(9-10)5-3-6-14(17)16-13/h7-9,12H,2-6H2,1H3,(H,16,17). The molecule has 0 aliphatic carbocycles. The van der Waals surface area contributed by atoms with Gasteiger partial charge in [0, 0.05) is 16.9 Å². The Hall–Kier alpha value is -0.830. The number of anilines is 1. The van der Waals surface area contributed by atoms with E-state index in [-0.39, 0.29) is 5.91 Å². The van der Waals surface area contributed by atoms with Gasteiger partial charge in [-0.25, -0.2) is 0 Å². The maximum Gasteiger partial charge on any atom is 0.224 e. The van der Waals surface area contributed by atoms with Gasteiger partial charge in [-0.2, -0.15) is 0 Å². The van der Waals surface area contributed by atoms with Crippen LogP contribution in [0.5, 0.6) is 0 Å². The Kier molecular flexibility index (Phi) is 4.21. The molecule has 0 fully saturated rings. The molecule has 0 spiro atoms. The van der Waals surface area contributed by atoms with Crippen LogP contribution >= 0.6 is 15.9 Å². The monoisotopic (exact) mass is 295 g/mol. The van der Waals surface area contributed by atoms with Crippen molar-refractivity contribution in [2.45, 2.75) is 43.9 Å². The van der Waals surface area contributed by atoms with E-state index in [1.54, 1.807) is 0 Å². The molecule has 0 aromatic heterocycles. The molecule has 1 aliphatic rings. The molecule has 0 bridgehead atoms. The predicted octanol–water partition coefficient (Wildman–Crippen LogP) is 4.20. The van der Waals surface area contributed by atoms with Gasteiger partial charge in [-0.15, -0.1) is 0 Å². The summed E-state index contributed by atoms with van der Waals surface area (Å²) in [5.74, 6) is 0.139. The molecule has 0 saturated carbocycles. The summed E-state index contributed by atoms with van der Waals surface area (Å²) in [6, 6.07) is 6.38. The number of rotatable bonds is 3. The zero-order valence-corrected chi connectivity index (χ0v) is 11.7. The molecule has 2 nitrogen and oxygen atoms in total. The van der Waals surface area contributed by atoms with E-state index >= 15 is 0 Å². The first kappa shape index (κ1) is 12.6. The minimum absolute atomic E-state index is 0.139. The normalized spacial score (nSPS) is 16.9. The van der Waals surface area contributed by atoms with Crippen molar-refractivity contribution in [3.8, 4) is 0 Å². The van der Waals surface area contributed by atoms with Gasteiger partial charge in [-0.05, 0) is 36.5 Å². The molecule has 1 heterocycles. The molecule has 1 N–H and O–H groups in total. The number of amides is 1. The highest BCUT2D eigenvalue weighted by Crippen LogP contribution is 2.31. The lowest BCUT2D eigenvalue weighted by Gasteiger charge is -2.13. The van der Waals surface area contributed by atoms with Crippen LogP contribution in [0.2, 0.25) is 0 Å². The molecule has 1 aromatic carbocycles. The number of hydrogen-bond acceptors (Lipinski definition) is 1. The zero-order valence-electron chi connectivity index (χ0n) is 10.1. The van der Waals surface area contributed by atoms with E-state index in [1.165, 1.54) is 17.5 Å². The van der Waals surface area contributed by atoms with Crippen LogP contribution in [0.1, 0.15) is 48.6 Å². The molecular weight excluding hydrogens is 278 g/mol. The Labute approximate surface area is 111 Å². The first-order valence-electron chi connectivity index (χ1n) is 6.27. The van der Waals surface area contributed by atoms with Gasteiger partial charge < -0.3 is 5.32 Å². The van der Waals surface area contributed by atoms with Crippen LogP contribution in [0.3, 0.4) is 0 Å². The first-order valence-corrected chi connectivity index (χ1v) is 7.19. The molecule has 2 rings (SSSR count). The molecule has 1 amide bonds. The zero-order chi connectivity index (χ0) is 12.3. The molecule has 1 unspecified atom stereocenters. The smallest absolute Gasteiger partial charge is 0.224 e. The minimum Gasteiger partial charge on any atom is -0.326 e. The molecule has 92 valence electrons. The van der Waals surface area contributed by atoms with Gasteiger partial charge >= 0.3 is 0 Å². The summed E-state index contributed by atoms with van der Waals surface area (Å²) in [4.78, 5) is 11.9. The van der Waals surface area contributed by atoms with Gasteiger partial charge in [0.05, 0.1) is 0 Å². The van der Waals surface area contributed by atoms with Gasteiger partial charge in [-0.1, -0.05) is 41.4 Å². The predicted molar refractivity (Wildman–Crippen MR) is 74.6 cm³/mol. The van der Waals surface area contributed by atoms with Crippen LogP contribution in [-0.2, 0) is 11.2 Å². The van der Waals surface area contributed by atoms with Crippen molar-refractivity contribution in [1.82, 2.24) is 0 Å². The molecule has 1 atom stereocenters. The van der Waals surface area contributed by atoms with E-state index in [1.807, 2.05) is 6.07 Å². The number of fused-ring (bicyclic) bond motifs is 1. The molecule has 1 aliphatic heterocycles. The lowest BCUT2D eigenvalue weighted by Crippen LogP contribution is -2.09. The Morgan fingerprint density at radius 3 is 3.00 bits per heavy atom. The van der Waals surface area contributed by atoms with Gasteiger partial charge in [0.15, 0.2) is 0 Å². The molecule has 1 aromatic rings. The highest BCUT2D eigenvalue weighted by Gasteiger charge is 2.14. The van der Waals surface area contributed by atoms with E-state index < -0.39 is 0 Å². The fourth-order valence-electron chi connectivity index (χ4n) is 2.21. The average molecular weight is 296 g/mol. The summed E-state index contributed by atoms with van der Waals surface area (Å²) in [5.41, 5.74) is 3.59. The van der Waals surface area contributed by atoms with Crippen molar-refractivity contribution in [1.29, 1.82) is 0 Å². The van der Waals surface area contributed by atoms with Crippen LogP contribution < -0.4 is 5.32 Å². The SMILES string of the molecule is CCCC(Br)c1ccc2c(c1)CCCC(=O)N2. The van der Waals surface area contributed by atoms with Crippen molar-refractivity contribution in [2.24, 2.45) is 0 Å². The van der Waals surface area contributed by atoms with E-state index in [2.05, 4.69) is 40.3 Å². The van der Waals surface area contributed by atoms with Crippen LogP contribution in [-0.4, -0.2) is 5.91 Å². The molecule has 17 heavy (non-hydrogen) atoms. The second-order valence-electron chi connectivity index (χ2n) is 4.57. The second-order valence-corrected chi connectivity index (χ2v) is 5.68. The number of aryl methyl sites for hydroxylation is 1. The van der Waals surface area contributed by atoms with Crippen LogP contribution in [0, 0.1) is 0 Å². The first-order chi connectivity index (χ1) is 8.20. The molecule has 0 saturated heterocycles. The third-order valence-corrected chi connectivity index (χ3v) is 4.14. The van der Waals surface area contributed by atoms with E-state index in [9.17, 15) is 4.79 Å². The lowest BCUT2D eigenvalue weighted by atomic mass is 10.0. The highest BCUT2D eigenvalue weighted by atomic mass is 79.9. The maximum absolute atomic E-state index is 11.4. The van der Waals surface area contributed by atoms with Crippen LogP contribution in [0.25, 0.3) is 0 Å². The van der Waals surface area contributed by atoms with Gasteiger partial charge in [0.1, 0.15) is 0 Å². The second kappa shape index (κ2) is 5.67. The Bertz CT molecular complexity index is 417. The van der Waals surface area contributed by atoms with Gasteiger partial charge in [-0.3, -0.25) is 4.79 Å². The number of hydrogen-bond donors (Lipinski definition) is 1. The summed E-state index contributed by atoms with van der Waals surface area (Å²) in [6.07, 6.45) is 4.89. The van der Waals surface area contributed by atoms with E-state index in [0.717, 1.165) is 24.9 Å². The van der Waals surface area contributed by atoms with E-state index in [0.29, 0.717) is 11.2 Å². The number of nitrogens with one attached hydrogen (secondary N) is 1. The largest absolute Gasteiger partial charge is 0.326 e. The van der Waals surface area contributed by atoms with E-state index in [4.69, 9.17) is 0 Å². The highest BCUT2D eigenvalue weighted by molar-refractivity contribution is 9.09. The fraction of sp³-hybridized carbons (Fsp3) is 0.500. The Morgan fingerprint density at radius 2 is 2.24 bits per heavy atom. The van der Waals surface area contributed by atoms with Crippen molar-refractivity contribution < 1.29 is 4.79 Å². The topological polar surface area (TPSA) is 29.1 Å². The number of alkyl halides is 1. The number of halogens is 1. The van der Waals surface area contributed by atoms with Crippen LogP contribution in [0.15, 0.2) is 18.2 Å². The molecule has 3 heteroatoms. The summed E-state index contributed by atoms with van der Waals surface area (Å²) >= 11 is 3.72. The maximum atomic E-state index is 11.4. The van der Waals surface area contributed by atoms with Crippen molar-refractivity contribution >= 4 is 27.5 Å². The number of benzene rings is 1. The summed E-state index contributed by atoms with van der Waals surface area (Å²) in [5, 5.41) is 2.97. The average Bonchev–Trinajstić information content (AvgIpc) is 2.49. The summed E-state index contributed by atoms with van der Waals surface area (Å²) in [6.45, 7) is 2.19. The molecule has 0 radical (unpaired) electrons. The lowest BCUT2D eigenvalue weighted by molar-refractivity contribution is -0.116. The van der Waals surface area contributed by atoms with Gasteiger partial charge in [0.25, 0.3) is 0 Å². The molecular formula is C14H18BrNO. The Morgan fingerprint density at radius 1 is 1.41 bits per heavy atom. The number of carbonyl (C=O) groups excluding carboxylic acids is 1. The van der Waals surface area contributed by atoms with Crippen molar-refractivity contribution in [3.05, 3.63) is 29.3 Å². The summed E-state index contributed by atoms with van der Waals surface area (Å²) in [7, 11) is 0. The summed E-state index contributed by atoms with van der Waals surface area (Å²) < 4.78 is 0. The fourth-order valence-corrected chi connectivity index (χ4v) is 2.95. The Balaban J connectivity index is 2.24. The van der Waals surface area contributed by atoms with Crippen molar-refractivity contribution in [2.75, 3.05) is 5.32 Å². The minimum atomic E-state index is 0.139. The third kappa shape index (κ3) is 3.09. The van der Waals surface area contributed by atoms with Crippen molar-refractivity contribution in [3.63, 3.8) is 0 Å². The quantitative estimate of drug-likeness (QED) is 0.832. The van der Waals surface area contributed by atoms with Gasteiger partial charge in [0.2, 0.25) is 5.91 Å². The van der Waals surface area contributed by atoms with Crippen LogP contribution in [0.4, 0.5) is 5.69 Å².